The molecule has 2 rings (SSSR count). The van der Waals surface area contributed by atoms with Crippen LogP contribution in [-0.4, -0.2) is 42.4 Å². The first-order valence-corrected chi connectivity index (χ1v) is 10.4. The molecule has 1 fully saturated rings. The van der Waals surface area contributed by atoms with Gasteiger partial charge in [-0.2, -0.15) is 0 Å². The molecular formula is C18H26N2O5S. The van der Waals surface area contributed by atoms with E-state index in [0.29, 0.717) is 12.8 Å². The summed E-state index contributed by atoms with van der Waals surface area (Å²) in [6.45, 7) is 0. The lowest BCUT2D eigenvalue weighted by molar-refractivity contribution is -0.126. The smallest absolute Gasteiger partial charge is 0.235 e. The molecule has 0 radical (unpaired) electrons. The molecule has 26 heavy (non-hydrogen) atoms. The zero-order chi connectivity index (χ0) is 19.3. The minimum atomic E-state index is -3.58. The number of nitrogens with two attached hydrogens (primary N) is 2. The molecular weight excluding hydrogens is 356 g/mol. The number of hydrogen-bond donors (Lipinski definition) is 3. The molecule has 1 aliphatic rings. The maximum absolute atomic E-state index is 12.0. The van der Waals surface area contributed by atoms with Crippen LogP contribution in [0.1, 0.15) is 31.2 Å². The summed E-state index contributed by atoms with van der Waals surface area (Å²) in [5.41, 5.74) is 11.8. The van der Waals surface area contributed by atoms with Gasteiger partial charge in [0.2, 0.25) is 11.8 Å². The van der Waals surface area contributed by atoms with E-state index in [2.05, 4.69) is 0 Å². The van der Waals surface area contributed by atoms with Crippen LogP contribution in [0.25, 0.3) is 0 Å². The Bertz CT molecular complexity index is 735. The largest absolute Gasteiger partial charge is 0.393 e. The number of hydrogen-bond acceptors (Lipinski definition) is 5. The van der Waals surface area contributed by atoms with Crippen LogP contribution in [0.4, 0.5) is 0 Å². The van der Waals surface area contributed by atoms with Gasteiger partial charge in [0.25, 0.3) is 0 Å². The van der Waals surface area contributed by atoms with E-state index in [-0.39, 0.29) is 30.9 Å². The second-order valence-electron chi connectivity index (χ2n) is 6.97. The van der Waals surface area contributed by atoms with Gasteiger partial charge in [-0.15, -0.1) is 0 Å². The molecule has 0 spiro atoms. The van der Waals surface area contributed by atoms with Crippen molar-refractivity contribution in [3.05, 3.63) is 35.9 Å². The third kappa shape index (κ3) is 5.28. The van der Waals surface area contributed by atoms with Crippen LogP contribution in [0, 0.1) is 11.8 Å². The van der Waals surface area contributed by atoms with E-state index in [1.165, 1.54) is 0 Å². The number of aliphatic hydroxyl groups is 1. The quantitative estimate of drug-likeness (QED) is 0.587. The molecule has 2 amide bonds. The van der Waals surface area contributed by atoms with Crippen molar-refractivity contribution in [1.29, 1.82) is 0 Å². The van der Waals surface area contributed by atoms with E-state index in [1.807, 2.05) is 30.3 Å². The van der Waals surface area contributed by atoms with E-state index in [9.17, 15) is 23.1 Å². The van der Waals surface area contributed by atoms with Crippen LogP contribution in [0.3, 0.4) is 0 Å². The van der Waals surface area contributed by atoms with E-state index in [0.717, 1.165) is 5.56 Å². The number of primary amides is 2. The lowest BCUT2D eigenvalue weighted by atomic mass is 9.81. The maximum atomic E-state index is 12.0. The van der Waals surface area contributed by atoms with E-state index in [4.69, 9.17) is 11.5 Å². The minimum Gasteiger partial charge on any atom is -0.393 e. The van der Waals surface area contributed by atoms with Gasteiger partial charge < -0.3 is 16.6 Å². The first-order chi connectivity index (χ1) is 12.2. The fraction of sp³-hybridized carbons (Fsp3) is 0.556. The van der Waals surface area contributed by atoms with E-state index < -0.39 is 38.9 Å². The summed E-state index contributed by atoms with van der Waals surface area (Å²) in [6, 6.07) is 9.67. The van der Waals surface area contributed by atoms with Crippen molar-refractivity contribution in [1.82, 2.24) is 0 Å². The summed E-state index contributed by atoms with van der Waals surface area (Å²) in [5.74, 6) is -2.74. The fourth-order valence-electron chi connectivity index (χ4n) is 3.59. The number of sulfone groups is 1. The zero-order valence-electron chi connectivity index (χ0n) is 14.6. The van der Waals surface area contributed by atoms with Gasteiger partial charge in [-0.05, 0) is 43.6 Å². The highest BCUT2D eigenvalue weighted by molar-refractivity contribution is 7.92. The molecule has 1 saturated heterocycles. The van der Waals surface area contributed by atoms with Crippen LogP contribution < -0.4 is 11.5 Å². The average Bonchev–Trinajstić information content (AvgIpc) is 2.58. The summed E-state index contributed by atoms with van der Waals surface area (Å²) in [6.07, 6.45) is 0.771. The lowest BCUT2D eigenvalue weighted by Crippen LogP contribution is -2.46. The molecule has 144 valence electrons. The topological polar surface area (TPSA) is 141 Å². The zero-order valence-corrected chi connectivity index (χ0v) is 15.4. The van der Waals surface area contributed by atoms with Gasteiger partial charge in [-0.25, -0.2) is 8.42 Å². The molecule has 2 unspecified atom stereocenters. The Morgan fingerprint density at radius 2 is 1.85 bits per heavy atom. The Labute approximate surface area is 153 Å². The van der Waals surface area contributed by atoms with Crippen LogP contribution in [0.2, 0.25) is 0 Å². The predicted octanol–water partition coefficient (Wildman–Crippen LogP) is 0.150. The summed E-state index contributed by atoms with van der Waals surface area (Å²) in [4.78, 5) is 23.4. The third-order valence-electron chi connectivity index (χ3n) is 5.11. The Morgan fingerprint density at radius 3 is 2.42 bits per heavy atom. The maximum Gasteiger partial charge on any atom is 0.235 e. The molecule has 1 heterocycles. The minimum absolute atomic E-state index is 0.0172. The van der Waals surface area contributed by atoms with Gasteiger partial charge in [-0.3, -0.25) is 9.59 Å². The Kier molecular flexibility index (Phi) is 6.77. The highest BCUT2D eigenvalue weighted by Crippen LogP contribution is 2.33. The number of benzene rings is 1. The van der Waals surface area contributed by atoms with Gasteiger partial charge >= 0.3 is 0 Å². The predicted molar refractivity (Wildman–Crippen MR) is 97.6 cm³/mol. The summed E-state index contributed by atoms with van der Waals surface area (Å²) >= 11 is 0. The number of rotatable bonds is 8. The van der Waals surface area contributed by atoms with Crippen molar-refractivity contribution < 1.29 is 23.1 Å². The van der Waals surface area contributed by atoms with Crippen molar-refractivity contribution >= 4 is 21.7 Å². The fourth-order valence-corrected chi connectivity index (χ4v) is 5.40. The molecule has 0 aliphatic carbocycles. The van der Waals surface area contributed by atoms with Crippen LogP contribution in [0.5, 0.6) is 0 Å². The number of amides is 2. The molecule has 4 atom stereocenters. The molecule has 1 aliphatic heterocycles. The molecule has 0 saturated carbocycles. The monoisotopic (exact) mass is 382 g/mol. The average molecular weight is 382 g/mol. The van der Waals surface area contributed by atoms with Crippen LogP contribution in [0.15, 0.2) is 30.3 Å². The highest BCUT2D eigenvalue weighted by atomic mass is 32.2. The standard InChI is InChI=1S/C18H26N2O5S/c19-17(22)15(11-14(21)7-6-12-4-2-1-3-5-12)13-8-9-26(24,25)16(10-13)18(20)23/h1-5,13-16,21H,6-11H2,(H2,19,22)(H2,20,23)/t13?,14-,15-,16?/m0/s1. The third-order valence-corrected chi connectivity index (χ3v) is 7.21. The summed E-state index contributed by atoms with van der Waals surface area (Å²) < 4.78 is 24.0. The van der Waals surface area contributed by atoms with E-state index >= 15 is 0 Å². The SMILES string of the molecule is NC(=O)C1CC([C@H](C[C@@H](O)CCc2ccccc2)C(N)=O)CCS1(=O)=O. The van der Waals surface area contributed by atoms with E-state index in [1.54, 1.807) is 0 Å². The van der Waals surface area contributed by atoms with Gasteiger partial charge in [-0.1, -0.05) is 30.3 Å². The second-order valence-corrected chi connectivity index (χ2v) is 9.27. The van der Waals surface area contributed by atoms with Crippen molar-refractivity contribution in [2.45, 2.75) is 43.5 Å². The van der Waals surface area contributed by atoms with Gasteiger partial charge in [0, 0.05) is 5.92 Å². The van der Waals surface area contributed by atoms with Crippen molar-refractivity contribution in [3.8, 4) is 0 Å². The summed E-state index contributed by atoms with van der Waals surface area (Å²) in [7, 11) is -3.58. The molecule has 5 N–H and O–H groups in total. The normalized spacial score (nSPS) is 24.5. The number of carbonyl (C=O) groups is 2. The molecule has 1 aromatic carbocycles. The Morgan fingerprint density at radius 1 is 1.19 bits per heavy atom. The van der Waals surface area contributed by atoms with Crippen molar-refractivity contribution in [2.75, 3.05) is 5.75 Å². The summed E-state index contributed by atoms with van der Waals surface area (Å²) in [5, 5.41) is 9.03. The number of aryl methyl sites for hydroxylation is 1. The number of aliphatic hydroxyl groups excluding tert-OH is 1. The molecule has 0 bridgehead atoms. The molecule has 0 aromatic heterocycles. The van der Waals surface area contributed by atoms with Gasteiger partial charge in [0.1, 0.15) is 5.25 Å². The number of carbonyl (C=O) groups excluding carboxylic acids is 2. The Hall–Kier alpha value is -1.93. The Balaban J connectivity index is 1.99. The lowest BCUT2D eigenvalue weighted by Gasteiger charge is -2.32. The first kappa shape index (κ1) is 20.4. The van der Waals surface area contributed by atoms with Crippen molar-refractivity contribution in [2.24, 2.45) is 23.3 Å². The highest BCUT2D eigenvalue weighted by Gasteiger charge is 2.42. The van der Waals surface area contributed by atoms with Gasteiger partial charge in [0.05, 0.1) is 11.9 Å². The molecule has 1 aromatic rings. The van der Waals surface area contributed by atoms with Crippen molar-refractivity contribution in [3.63, 3.8) is 0 Å². The van der Waals surface area contributed by atoms with Crippen LogP contribution >= 0.6 is 0 Å². The second kappa shape index (κ2) is 8.64. The van der Waals surface area contributed by atoms with Gasteiger partial charge in [0.15, 0.2) is 9.84 Å². The van der Waals surface area contributed by atoms with Crippen LogP contribution in [-0.2, 0) is 25.8 Å². The molecule has 7 nitrogen and oxygen atoms in total. The first-order valence-electron chi connectivity index (χ1n) is 8.73. The molecule has 8 heteroatoms.